The van der Waals surface area contributed by atoms with Gasteiger partial charge in [0.1, 0.15) is 5.01 Å². The number of rotatable bonds is 3. The molecule has 3 heteroatoms. The van der Waals surface area contributed by atoms with E-state index in [1.807, 2.05) is 11.3 Å². The summed E-state index contributed by atoms with van der Waals surface area (Å²) in [5.74, 6) is 1.66. The predicted molar refractivity (Wildman–Crippen MR) is 74.4 cm³/mol. The van der Waals surface area contributed by atoms with Gasteiger partial charge in [0.25, 0.3) is 0 Å². The summed E-state index contributed by atoms with van der Waals surface area (Å²) in [6, 6.07) is 0.684. The van der Waals surface area contributed by atoms with Crippen LogP contribution in [0, 0.1) is 25.7 Å². The number of hydrogen-bond donors (Lipinski definition) is 1. The summed E-state index contributed by atoms with van der Waals surface area (Å²) in [5.41, 5.74) is 1.19. The highest BCUT2D eigenvalue weighted by Crippen LogP contribution is 2.29. The quantitative estimate of drug-likeness (QED) is 0.887. The molecule has 0 spiro atoms. The van der Waals surface area contributed by atoms with E-state index in [-0.39, 0.29) is 0 Å². The van der Waals surface area contributed by atoms with Crippen LogP contribution in [0.4, 0.5) is 0 Å². The van der Waals surface area contributed by atoms with Gasteiger partial charge in [-0.2, -0.15) is 0 Å². The summed E-state index contributed by atoms with van der Waals surface area (Å²) in [7, 11) is 0. The third kappa shape index (κ3) is 3.08. The van der Waals surface area contributed by atoms with Gasteiger partial charge in [-0.15, -0.1) is 11.3 Å². The fourth-order valence-electron chi connectivity index (χ4n) is 2.70. The Morgan fingerprint density at radius 3 is 2.71 bits per heavy atom. The summed E-state index contributed by atoms with van der Waals surface area (Å²) in [4.78, 5) is 5.95. The molecule has 0 saturated heterocycles. The second-order valence-corrected chi connectivity index (χ2v) is 6.79. The topological polar surface area (TPSA) is 24.9 Å². The minimum Gasteiger partial charge on any atom is -0.307 e. The molecule has 1 aliphatic carbocycles. The Morgan fingerprint density at radius 2 is 2.06 bits per heavy atom. The number of thiazole rings is 1. The van der Waals surface area contributed by atoms with Crippen molar-refractivity contribution in [1.82, 2.24) is 10.3 Å². The Balaban J connectivity index is 1.89. The first kappa shape index (κ1) is 13.0. The molecule has 0 amide bonds. The van der Waals surface area contributed by atoms with Crippen molar-refractivity contribution in [3.8, 4) is 0 Å². The van der Waals surface area contributed by atoms with Gasteiger partial charge in [0.15, 0.2) is 0 Å². The smallest absolute Gasteiger partial charge is 0.107 e. The molecule has 1 aromatic heterocycles. The van der Waals surface area contributed by atoms with Gasteiger partial charge >= 0.3 is 0 Å². The van der Waals surface area contributed by atoms with Crippen LogP contribution in [0.3, 0.4) is 0 Å². The first-order valence-corrected chi connectivity index (χ1v) is 7.56. The Hall–Kier alpha value is -0.410. The molecular formula is C14H24N2S. The number of nitrogens with one attached hydrogen (secondary N) is 1. The Morgan fingerprint density at radius 1 is 1.29 bits per heavy atom. The highest BCUT2D eigenvalue weighted by atomic mass is 32.1. The van der Waals surface area contributed by atoms with E-state index in [4.69, 9.17) is 0 Å². The molecule has 1 fully saturated rings. The second kappa shape index (κ2) is 5.49. The second-order valence-electron chi connectivity index (χ2n) is 5.50. The average Bonchev–Trinajstić information content (AvgIpc) is 2.61. The van der Waals surface area contributed by atoms with Gasteiger partial charge in [-0.1, -0.05) is 26.7 Å². The highest BCUT2D eigenvalue weighted by Gasteiger charge is 2.26. The van der Waals surface area contributed by atoms with Gasteiger partial charge in [-0.25, -0.2) is 4.98 Å². The molecule has 1 heterocycles. The monoisotopic (exact) mass is 252 g/mol. The summed E-state index contributed by atoms with van der Waals surface area (Å²) in [6.45, 7) is 9.97. The maximum Gasteiger partial charge on any atom is 0.107 e. The third-order valence-electron chi connectivity index (χ3n) is 4.30. The SMILES string of the molecule is Cc1nc(CNC2CCCC(C)C2C)sc1C. The van der Waals surface area contributed by atoms with Gasteiger partial charge in [0.05, 0.1) is 5.69 Å². The highest BCUT2D eigenvalue weighted by molar-refractivity contribution is 7.11. The molecule has 3 unspecified atom stereocenters. The van der Waals surface area contributed by atoms with Crippen LogP contribution in [-0.4, -0.2) is 11.0 Å². The lowest BCUT2D eigenvalue weighted by Crippen LogP contribution is -2.40. The van der Waals surface area contributed by atoms with Crippen LogP contribution in [-0.2, 0) is 6.54 Å². The summed E-state index contributed by atoms with van der Waals surface area (Å²) < 4.78 is 0. The summed E-state index contributed by atoms with van der Waals surface area (Å²) >= 11 is 1.83. The van der Waals surface area contributed by atoms with E-state index < -0.39 is 0 Å². The normalized spacial score (nSPS) is 29.5. The summed E-state index contributed by atoms with van der Waals surface area (Å²) in [5, 5.41) is 4.95. The molecule has 1 aromatic rings. The lowest BCUT2D eigenvalue weighted by molar-refractivity contribution is 0.206. The van der Waals surface area contributed by atoms with Crippen LogP contribution < -0.4 is 5.32 Å². The fraction of sp³-hybridized carbons (Fsp3) is 0.786. The fourth-order valence-corrected chi connectivity index (χ4v) is 3.59. The number of hydrogen-bond acceptors (Lipinski definition) is 3. The minimum absolute atomic E-state index is 0.684. The van der Waals surface area contributed by atoms with Crippen LogP contribution in [0.2, 0.25) is 0 Å². The molecular weight excluding hydrogens is 228 g/mol. The van der Waals surface area contributed by atoms with Crippen molar-refractivity contribution in [2.24, 2.45) is 11.8 Å². The van der Waals surface area contributed by atoms with Crippen LogP contribution in [0.15, 0.2) is 0 Å². The van der Waals surface area contributed by atoms with Crippen LogP contribution >= 0.6 is 11.3 Å². The number of aryl methyl sites for hydroxylation is 2. The van der Waals surface area contributed by atoms with Crippen molar-refractivity contribution in [3.05, 3.63) is 15.6 Å². The lowest BCUT2D eigenvalue weighted by Gasteiger charge is -2.34. The van der Waals surface area contributed by atoms with Crippen LogP contribution in [0.5, 0.6) is 0 Å². The zero-order chi connectivity index (χ0) is 12.4. The van der Waals surface area contributed by atoms with E-state index in [2.05, 4.69) is 38.0 Å². The molecule has 0 bridgehead atoms. The zero-order valence-corrected chi connectivity index (χ0v) is 12.2. The third-order valence-corrected chi connectivity index (χ3v) is 5.37. The molecule has 2 nitrogen and oxygen atoms in total. The minimum atomic E-state index is 0.684. The maximum atomic E-state index is 4.59. The van der Waals surface area contributed by atoms with Crippen molar-refractivity contribution in [2.75, 3.05) is 0 Å². The maximum absolute atomic E-state index is 4.59. The molecule has 1 aliphatic rings. The first-order valence-electron chi connectivity index (χ1n) is 6.74. The molecule has 96 valence electrons. The molecule has 0 radical (unpaired) electrons. The number of nitrogens with zero attached hydrogens (tertiary/aromatic N) is 1. The van der Waals surface area contributed by atoms with Crippen molar-refractivity contribution >= 4 is 11.3 Å². The van der Waals surface area contributed by atoms with E-state index in [9.17, 15) is 0 Å². The van der Waals surface area contributed by atoms with Crippen molar-refractivity contribution < 1.29 is 0 Å². The van der Waals surface area contributed by atoms with Crippen LogP contribution in [0.1, 0.15) is 48.7 Å². The number of aromatic nitrogens is 1. The molecule has 1 N–H and O–H groups in total. The van der Waals surface area contributed by atoms with Crippen molar-refractivity contribution in [3.63, 3.8) is 0 Å². The Labute approximate surface area is 109 Å². The van der Waals surface area contributed by atoms with Gasteiger partial charge in [0.2, 0.25) is 0 Å². The van der Waals surface area contributed by atoms with Gasteiger partial charge in [-0.05, 0) is 32.1 Å². The molecule has 17 heavy (non-hydrogen) atoms. The van der Waals surface area contributed by atoms with E-state index in [1.165, 1.54) is 34.8 Å². The molecule has 2 rings (SSSR count). The predicted octanol–water partition coefficient (Wildman–Crippen LogP) is 3.67. The molecule has 0 aromatic carbocycles. The van der Waals surface area contributed by atoms with Gasteiger partial charge in [-0.3, -0.25) is 0 Å². The summed E-state index contributed by atoms with van der Waals surface area (Å²) in [6.07, 6.45) is 4.10. The average molecular weight is 252 g/mol. The van der Waals surface area contributed by atoms with Crippen molar-refractivity contribution in [2.45, 2.75) is 59.5 Å². The van der Waals surface area contributed by atoms with E-state index in [0.29, 0.717) is 6.04 Å². The standard InChI is InChI=1S/C14H24N2S/c1-9-6-5-7-13(10(9)2)15-8-14-16-11(3)12(4)17-14/h9-10,13,15H,5-8H2,1-4H3. The molecule has 1 saturated carbocycles. The van der Waals surface area contributed by atoms with Gasteiger partial charge < -0.3 is 5.32 Å². The molecule has 0 aliphatic heterocycles. The largest absolute Gasteiger partial charge is 0.307 e. The zero-order valence-electron chi connectivity index (χ0n) is 11.4. The van der Waals surface area contributed by atoms with Gasteiger partial charge in [0, 0.05) is 17.5 Å². The Bertz CT molecular complexity index is 353. The van der Waals surface area contributed by atoms with E-state index in [1.54, 1.807) is 0 Å². The van der Waals surface area contributed by atoms with E-state index >= 15 is 0 Å². The van der Waals surface area contributed by atoms with E-state index in [0.717, 1.165) is 18.4 Å². The van der Waals surface area contributed by atoms with Crippen molar-refractivity contribution in [1.29, 1.82) is 0 Å². The molecule has 3 atom stereocenters. The van der Waals surface area contributed by atoms with Crippen LogP contribution in [0.25, 0.3) is 0 Å². The first-order chi connectivity index (χ1) is 8.08. The lowest BCUT2D eigenvalue weighted by atomic mass is 9.78. The Kier molecular flexibility index (Phi) is 4.21.